The zero-order valence-corrected chi connectivity index (χ0v) is 17.3. The Morgan fingerprint density at radius 1 is 1.21 bits per heavy atom. The van der Waals surface area contributed by atoms with Crippen molar-refractivity contribution in [3.63, 3.8) is 0 Å². The fraction of sp³-hybridized carbons (Fsp3) is 0.381. The van der Waals surface area contributed by atoms with E-state index < -0.39 is 10.0 Å². The lowest BCUT2D eigenvalue weighted by atomic mass is 10.0. The van der Waals surface area contributed by atoms with Gasteiger partial charge in [0.1, 0.15) is 11.6 Å². The van der Waals surface area contributed by atoms with Crippen molar-refractivity contribution >= 4 is 26.7 Å². The molecule has 2 heterocycles. The predicted octanol–water partition coefficient (Wildman–Crippen LogP) is 3.58. The van der Waals surface area contributed by atoms with E-state index in [1.807, 2.05) is 6.07 Å². The minimum Gasteiger partial charge on any atom is -0.364 e. The third-order valence-corrected chi connectivity index (χ3v) is 6.37. The maximum Gasteiger partial charge on any atom is 0.238 e. The molecule has 2 aromatic carbocycles. The molecule has 0 amide bonds. The number of imidazole rings is 1. The number of primary sulfonamides is 1. The van der Waals surface area contributed by atoms with Crippen LogP contribution in [0.25, 0.3) is 11.0 Å². The Hall–Kier alpha value is -2.45. The standard InChI is InChI=1S/C21H25FN4O2S/c1-2-3-11-26-19-9-8-17(29(23,27)28)13-18(19)24-21(26)14-25-10-4-5-15-6-7-16(22)12-20(15)25/h6-9,12-13H,2-5,10-11,14H2,1H3,(H2,23,27,28). The summed E-state index contributed by atoms with van der Waals surface area (Å²) in [6, 6.07) is 9.78. The molecule has 0 radical (unpaired) electrons. The quantitative estimate of drug-likeness (QED) is 0.666. The number of nitrogens with zero attached hydrogens (tertiary/aromatic N) is 3. The summed E-state index contributed by atoms with van der Waals surface area (Å²) in [6.07, 6.45) is 3.96. The maximum atomic E-state index is 13.9. The van der Waals surface area contributed by atoms with Crippen molar-refractivity contribution in [1.29, 1.82) is 0 Å². The first-order valence-electron chi connectivity index (χ1n) is 9.92. The van der Waals surface area contributed by atoms with Gasteiger partial charge in [0.15, 0.2) is 0 Å². The van der Waals surface area contributed by atoms with Crippen LogP contribution in [0.2, 0.25) is 0 Å². The average Bonchev–Trinajstić information content (AvgIpc) is 3.02. The van der Waals surface area contributed by atoms with Gasteiger partial charge in [-0.05, 0) is 55.2 Å². The number of hydrogen-bond acceptors (Lipinski definition) is 4. The minimum absolute atomic E-state index is 0.0575. The van der Waals surface area contributed by atoms with Crippen molar-refractivity contribution in [2.45, 2.75) is 50.6 Å². The van der Waals surface area contributed by atoms with Crippen LogP contribution in [-0.2, 0) is 29.5 Å². The number of halogens is 1. The largest absolute Gasteiger partial charge is 0.364 e. The molecule has 0 saturated heterocycles. The number of sulfonamides is 1. The fourth-order valence-corrected chi connectivity index (χ4v) is 4.52. The van der Waals surface area contributed by atoms with Crippen molar-refractivity contribution in [3.8, 4) is 0 Å². The third-order valence-electron chi connectivity index (χ3n) is 5.46. The van der Waals surface area contributed by atoms with Crippen molar-refractivity contribution in [2.24, 2.45) is 5.14 Å². The molecule has 1 aromatic heterocycles. The molecule has 1 aliphatic rings. The van der Waals surface area contributed by atoms with Crippen molar-refractivity contribution in [3.05, 3.63) is 53.6 Å². The van der Waals surface area contributed by atoms with Crippen LogP contribution in [0, 0.1) is 5.82 Å². The molecule has 29 heavy (non-hydrogen) atoms. The molecular weight excluding hydrogens is 391 g/mol. The molecule has 154 valence electrons. The van der Waals surface area contributed by atoms with E-state index in [9.17, 15) is 12.8 Å². The monoisotopic (exact) mass is 416 g/mol. The molecule has 2 N–H and O–H groups in total. The van der Waals surface area contributed by atoms with Crippen LogP contribution in [0.3, 0.4) is 0 Å². The van der Waals surface area contributed by atoms with Gasteiger partial charge in [0.2, 0.25) is 10.0 Å². The lowest BCUT2D eigenvalue weighted by Gasteiger charge is -2.31. The second-order valence-corrected chi connectivity index (χ2v) is 9.09. The van der Waals surface area contributed by atoms with Crippen LogP contribution in [0.5, 0.6) is 0 Å². The number of aromatic nitrogens is 2. The van der Waals surface area contributed by atoms with Gasteiger partial charge in [0.25, 0.3) is 0 Å². The van der Waals surface area contributed by atoms with Gasteiger partial charge in [-0.1, -0.05) is 19.4 Å². The van der Waals surface area contributed by atoms with E-state index >= 15 is 0 Å². The van der Waals surface area contributed by atoms with Gasteiger partial charge >= 0.3 is 0 Å². The smallest absolute Gasteiger partial charge is 0.238 e. The molecule has 0 spiro atoms. The van der Waals surface area contributed by atoms with Crippen LogP contribution < -0.4 is 10.0 Å². The topological polar surface area (TPSA) is 81.2 Å². The van der Waals surface area contributed by atoms with Gasteiger partial charge in [-0.2, -0.15) is 0 Å². The summed E-state index contributed by atoms with van der Waals surface area (Å²) < 4.78 is 39.4. The van der Waals surface area contributed by atoms with E-state index in [4.69, 9.17) is 10.1 Å². The molecule has 0 atom stereocenters. The molecule has 0 aliphatic carbocycles. The highest BCUT2D eigenvalue weighted by Gasteiger charge is 2.21. The molecule has 4 rings (SSSR count). The van der Waals surface area contributed by atoms with Crippen LogP contribution in [-0.4, -0.2) is 24.5 Å². The van der Waals surface area contributed by atoms with Crippen LogP contribution in [0.15, 0.2) is 41.3 Å². The summed E-state index contributed by atoms with van der Waals surface area (Å²) in [6.45, 7) is 4.29. The third kappa shape index (κ3) is 4.00. The van der Waals surface area contributed by atoms with E-state index in [0.29, 0.717) is 12.1 Å². The number of unbranched alkanes of at least 4 members (excludes halogenated alkanes) is 1. The molecule has 6 nitrogen and oxygen atoms in total. The lowest BCUT2D eigenvalue weighted by Crippen LogP contribution is -2.30. The second-order valence-electron chi connectivity index (χ2n) is 7.53. The molecular formula is C21H25FN4O2S. The van der Waals surface area contributed by atoms with Gasteiger partial charge < -0.3 is 9.47 Å². The molecule has 1 aliphatic heterocycles. The Bertz CT molecular complexity index is 1160. The molecule has 0 unspecified atom stereocenters. The van der Waals surface area contributed by atoms with Crippen molar-refractivity contribution < 1.29 is 12.8 Å². The molecule has 0 saturated carbocycles. The number of rotatable bonds is 6. The highest BCUT2D eigenvalue weighted by molar-refractivity contribution is 7.89. The van der Waals surface area contributed by atoms with Gasteiger partial charge in [0.05, 0.1) is 22.5 Å². The van der Waals surface area contributed by atoms with Crippen LogP contribution >= 0.6 is 0 Å². The summed E-state index contributed by atoms with van der Waals surface area (Å²) in [4.78, 5) is 6.95. The predicted molar refractivity (Wildman–Crippen MR) is 112 cm³/mol. The van der Waals surface area contributed by atoms with Crippen LogP contribution in [0.4, 0.5) is 10.1 Å². The number of fused-ring (bicyclic) bond motifs is 2. The Balaban J connectivity index is 1.76. The van der Waals surface area contributed by atoms with E-state index in [1.54, 1.807) is 12.1 Å². The Kier molecular flexibility index (Phi) is 5.31. The normalized spacial score (nSPS) is 14.4. The minimum atomic E-state index is -3.79. The summed E-state index contributed by atoms with van der Waals surface area (Å²) in [5, 5.41) is 5.28. The SMILES string of the molecule is CCCCn1c(CN2CCCc3ccc(F)cc32)nc2cc(S(N)(=O)=O)ccc21. The molecule has 0 bridgehead atoms. The number of benzene rings is 2. The first-order chi connectivity index (χ1) is 13.9. The first-order valence-corrected chi connectivity index (χ1v) is 11.5. The molecule has 3 aromatic rings. The summed E-state index contributed by atoms with van der Waals surface area (Å²) in [5.74, 6) is 0.602. The van der Waals surface area contributed by atoms with E-state index in [-0.39, 0.29) is 10.7 Å². The Morgan fingerprint density at radius 2 is 2.03 bits per heavy atom. The van der Waals surface area contributed by atoms with Gasteiger partial charge in [-0.15, -0.1) is 0 Å². The summed E-state index contributed by atoms with van der Waals surface area (Å²) >= 11 is 0. The van der Waals surface area contributed by atoms with Gasteiger partial charge in [-0.25, -0.2) is 22.9 Å². The number of nitrogens with two attached hydrogens (primary N) is 1. The molecule has 0 fully saturated rings. The highest BCUT2D eigenvalue weighted by atomic mass is 32.2. The zero-order chi connectivity index (χ0) is 20.6. The van der Waals surface area contributed by atoms with Crippen LogP contribution in [0.1, 0.15) is 37.6 Å². The summed E-state index contributed by atoms with van der Waals surface area (Å²) in [7, 11) is -3.79. The number of anilines is 1. The summed E-state index contributed by atoms with van der Waals surface area (Å²) in [5.41, 5.74) is 3.55. The Labute approximate surface area is 170 Å². The fourth-order valence-electron chi connectivity index (χ4n) is 3.98. The van der Waals surface area contributed by atoms with Crippen molar-refractivity contribution in [2.75, 3.05) is 11.4 Å². The zero-order valence-electron chi connectivity index (χ0n) is 16.4. The average molecular weight is 417 g/mol. The van der Waals surface area contributed by atoms with E-state index in [2.05, 4.69) is 16.4 Å². The van der Waals surface area contributed by atoms with Gasteiger partial charge in [0, 0.05) is 18.8 Å². The maximum absolute atomic E-state index is 13.9. The van der Waals surface area contributed by atoms with Gasteiger partial charge in [-0.3, -0.25) is 0 Å². The first kappa shape index (κ1) is 19.8. The van der Waals surface area contributed by atoms with E-state index in [1.165, 1.54) is 18.2 Å². The Morgan fingerprint density at radius 3 is 2.79 bits per heavy atom. The van der Waals surface area contributed by atoms with E-state index in [0.717, 1.165) is 61.4 Å². The second kappa shape index (κ2) is 7.76. The number of aryl methyl sites for hydroxylation is 2. The number of hydrogen-bond donors (Lipinski definition) is 1. The lowest BCUT2D eigenvalue weighted by molar-refractivity contribution is 0.590. The van der Waals surface area contributed by atoms with Crippen molar-refractivity contribution in [1.82, 2.24) is 9.55 Å². The highest BCUT2D eigenvalue weighted by Crippen LogP contribution is 2.30. The molecule has 8 heteroatoms.